The van der Waals surface area contributed by atoms with E-state index in [1.165, 1.54) is 30.6 Å². The first-order valence-electron chi connectivity index (χ1n) is 8.54. The molecule has 2 aliphatic rings. The van der Waals surface area contributed by atoms with Gasteiger partial charge in [-0.25, -0.2) is 0 Å². The maximum absolute atomic E-state index is 12.3. The normalized spacial score (nSPS) is 24.9. The highest BCUT2D eigenvalue weighted by molar-refractivity contribution is 8.00. The Bertz CT molecular complexity index is 502. The Morgan fingerprint density at radius 3 is 2.39 bits per heavy atom. The third-order valence-corrected chi connectivity index (χ3v) is 6.16. The van der Waals surface area contributed by atoms with Crippen LogP contribution in [0.4, 0.5) is 5.69 Å². The molecule has 2 unspecified atom stereocenters. The highest BCUT2D eigenvalue weighted by Crippen LogP contribution is 2.35. The van der Waals surface area contributed by atoms with E-state index in [2.05, 4.69) is 17.4 Å². The summed E-state index contributed by atoms with van der Waals surface area (Å²) < 4.78 is 0. The number of hydrogen-bond donors (Lipinski definition) is 2. The Morgan fingerprint density at radius 1 is 1.04 bits per heavy atom. The fraction of sp³-hybridized carbons (Fsp3) is 0.611. The number of carbonyl (C=O) groups excluding carboxylic acids is 1. The summed E-state index contributed by atoms with van der Waals surface area (Å²) in [6, 6.07) is 8.50. The van der Waals surface area contributed by atoms with Gasteiger partial charge in [-0.2, -0.15) is 0 Å². The van der Waals surface area contributed by atoms with Gasteiger partial charge in [0, 0.05) is 27.8 Å². The van der Waals surface area contributed by atoms with Crippen LogP contribution in [0.15, 0.2) is 29.2 Å². The van der Waals surface area contributed by atoms with Crippen molar-refractivity contribution in [3.63, 3.8) is 0 Å². The molecule has 3 N–H and O–H groups in total. The zero-order valence-corrected chi connectivity index (χ0v) is 15.1. The van der Waals surface area contributed by atoms with Crippen LogP contribution >= 0.6 is 24.2 Å². The van der Waals surface area contributed by atoms with Crippen LogP contribution in [0, 0.1) is 5.92 Å². The van der Waals surface area contributed by atoms with Gasteiger partial charge >= 0.3 is 0 Å². The molecule has 0 bridgehead atoms. The first-order valence-corrected chi connectivity index (χ1v) is 9.42. The fourth-order valence-electron chi connectivity index (χ4n) is 3.53. The summed E-state index contributed by atoms with van der Waals surface area (Å²) in [6.07, 6.45) is 9.32. The second-order valence-electron chi connectivity index (χ2n) is 6.66. The number of nitrogens with two attached hydrogens (primary N) is 1. The molecule has 2 aliphatic carbocycles. The molecular formula is C18H27ClN2OS. The molecule has 0 aliphatic heterocycles. The van der Waals surface area contributed by atoms with E-state index in [9.17, 15) is 4.79 Å². The second kappa shape index (κ2) is 8.95. The maximum atomic E-state index is 12.3. The lowest BCUT2D eigenvalue weighted by Gasteiger charge is -2.25. The zero-order valence-electron chi connectivity index (χ0n) is 13.5. The van der Waals surface area contributed by atoms with Crippen molar-refractivity contribution in [3.8, 4) is 0 Å². The highest BCUT2D eigenvalue weighted by atomic mass is 35.5. The Labute approximate surface area is 149 Å². The predicted molar refractivity (Wildman–Crippen MR) is 100 cm³/mol. The number of amides is 1. The minimum absolute atomic E-state index is 0. The van der Waals surface area contributed by atoms with E-state index < -0.39 is 0 Å². The lowest BCUT2D eigenvalue weighted by Crippen LogP contribution is -2.34. The standard InChI is InChI=1S/C18H26N2OS.ClH/c19-14-5-3-4-13(12-14)18(21)20-15-8-10-17(11-9-15)22-16-6-1-2-7-16;/h8-11,13-14,16H,1-7,12,19H2,(H,20,21);1H. The van der Waals surface area contributed by atoms with Gasteiger partial charge in [-0.05, 0) is 56.4 Å². The molecule has 0 aromatic heterocycles. The van der Waals surface area contributed by atoms with Crippen LogP contribution in [0.5, 0.6) is 0 Å². The van der Waals surface area contributed by atoms with E-state index in [0.717, 1.165) is 36.6 Å². The maximum Gasteiger partial charge on any atom is 0.227 e. The van der Waals surface area contributed by atoms with E-state index in [1.54, 1.807) is 0 Å². The topological polar surface area (TPSA) is 55.1 Å². The number of halogens is 1. The van der Waals surface area contributed by atoms with Gasteiger partial charge in [-0.3, -0.25) is 4.79 Å². The summed E-state index contributed by atoms with van der Waals surface area (Å²) in [7, 11) is 0. The van der Waals surface area contributed by atoms with Crippen molar-refractivity contribution in [3.05, 3.63) is 24.3 Å². The zero-order chi connectivity index (χ0) is 15.4. The van der Waals surface area contributed by atoms with Crippen LogP contribution in [-0.4, -0.2) is 17.2 Å². The summed E-state index contributed by atoms with van der Waals surface area (Å²) in [4.78, 5) is 13.6. The van der Waals surface area contributed by atoms with E-state index in [-0.39, 0.29) is 30.3 Å². The van der Waals surface area contributed by atoms with Crippen molar-refractivity contribution in [2.75, 3.05) is 5.32 Å². The monoisotopic (exact) mass is 354 g/mol. The van der Waals surface area contributed by atoms with Crippen molar-refractivity contribution in [1.29, 1.82) is 0 Å². The molecule has 0 radical (unpaired) electrons. The fourth-order valence-corrected chi connectivity index (χ4v) is 4.77. The van der Waals surface area contributed by atoms with E-state index in [1.807, 2.05) is 23.9 Å². The number of thioether (sulfide) groups is 1. The Hall–Kier alpha value is -0.710. The molecule has 23 heavy (non-hydrogen) atoms. The van der Waals surface area contributed by atoms with Gasteiger partial charge in [-0.15, -0.1) is 24.2 Å². The van der Waals surface area contributed by atoms with Crippen molar-refractivity contribution in [1.82, 2.24) is 0 Å². The van der Waals surface area contributed by atoms with Gasteiger partial charge in [0.1, 0.15) is 0 Å². The summed E-state index contributed by atoms with van der Waals surface area (Å²) in [6.45, 7) is 0. The molecule has 2 atom stereocenters. The summed E-state index contributed by atoms with van der Waals surface area (Å²) in [5.74, 6) is 0.211. The minimum Gasteiger partial charge on any atom is -0.328 e. The van der Waals surface area contributed by atoms with E-state index in [4.69, 9.17) is 5.73 Å². The van der Waals surface area contributed by atoms with Crippen molar-refractivity contribution in [2.24, 2.45) is 11.7 Å². The number of hydrogen-bond acceptors (Lipinski definition) is 3. The van der Waals surface area contributed by atoms with Gasteiger partial charge in [-0.1, -0.05) is 19.3 Å². The van der Waals surface area contributed by atoms with Gasteiger partial charge in [0.15, 0.2) is 0 Å². The van der Waals surface area contributed by atoms with Crippen molar-refractivity contribution < 1.29 is 4.79 Å². The smallest absolute Gasteiger partial charge is 0.227 e. The average Bonchev–Trinajstić information content (AvgIpc) is 3.02. The number of benzene rings is 1. The number of nitrogens with one attached hydrogen (secondary N) is 1. The number of carbonyl (C=O) groups is 1. The Morgan fingerprint density at radius 2 is 1.74 bits per heavy atom. The lowest BCUT2D eigenvalue weighted by molar-refractivity contribution is -0.120. The molecule has 128 valence electrons. The summed E-state index contributed by atoms with van der Waals surface area (Å²) >= 11 is 1.98. The Kier molecular flexibility index (Phi) is 7.25. The summed E-state index contributed by atoms with van der Waals surface area (Å²) in [5, 5.41) is 3.83. The van der Waals surface area contributed by atoms with Gasteiger partial charge in [0.05, 0.1) is 0 Å². The second-order valence-corrected chi connectivity index (χ2v) is 8.04. The van der Waals surface area contributed by atoms with Crippen LogP contribution in [0.3, 0.4) is 0 Å². The third-order valence-electron chi connectivity index (χ3n) is 4.81. The van der Waals surface area contributed by atoms with Crippen molar-refractivity contribution >= 4 is 35.8 Å². The molecule has 0 heterocycles. The van der Waals surface area contributed by atoms with Crippen LogP contribution in [0.25, 0.3) is 0 Å². The first-order chi connectivity index (χ1) is 10.7. The number of anilines is 1. The van der Waals surface area contributed by atoms with Crippen LogP contribution in [0.2, 0.25) is 0 Å². The van der Waals surface area contributed by atoms with Gasteiger partial charge in [0.2, 0.25) is 5.91 Å². The average molecular weight is 355 g/mol. The van der Waals surface area contributed by atoms with E-state index >= 15 is 0 Å². The van der Waals surface area contributed by atoms with Crippen LogP contribution in [0.1, 0.15) is 51.4 Å². The Balaban J connectivity index is 0.00000192. The molecule has 0 saturated heterocycles. The quantitative estimate of drug-likeness (QED) is 0.830. The number of rotatable bonds is 4. The molecule has 2 saturated carbocycles. The van der Waals surface area contributed by atoms with Gasteiger partial charge in [0.25, 0.3) is 0 Å². The minimum atomic E-state index is 0. The first kappa shape index (κ1) is 18.6. The largest absolute Gasteiger partial charge is 0.328 e. The molecule has 0 spiro atoms. The molecular weight excluding hydrogens is 328 g/mol. The SMILES string of the molecule is Cl.NC1CCCC(C(=O)Nc2ccc(SC3CCCC3)cc2)C1. The van der Waals surface area contributed by atoms with Gasteiger partial charge < -0.3 is 11.1 Å². The van der Waals surface area contributed by atoms with Crippen LogP contribution < -0.4 is 11.1 Å². The van der Waals surface area contributed by atoms with E-state index in [0.29, 0.717) is 0 Å². The molecule has 3 nitrogen and oxygen atoms in total. The molecule has 3 rings (SSSR count). The highest BCUT2D eigenvalue weighted by Gasteiger charge is 2.25. The lowest BCUT2D eigenvalue weighted by atomic mass is 9.85. The molecule has 2 fully saturated rings. The predicted octanol–water partition coefficient (Wildman–Crippen LogP) is 4.60. The summed E-state index contributed by atoms with van der Waals surface area (Å²) in [5.41, 5.74) is 6.87. The third kappa shape index (κ3) is 5.40. The van der Waals surface area contributed by atoms with Crippen molar-refractivity contribution in [2.45, 2.75) is 67.6 Å². The molecule has 1 amide bonds. The molecule has 1 aromatic carbocycles. The molecule has 1 aromatic rings. The van der Waals surface area contributed by atoms with Crippen LogP contribution in [-0.2, 0) is 4.79 Å². The molecule has 5 heteroatoms.